The maximum atomic E-state index is 12.8. The molecule has 1 unspecified atom stereocenters. The van der Waals surface area contributed by atoms with E-state index in [4.69, 9.17) is 0 Å². The Hall–Kier alpha value is -2.69. The standard InChI is InChI=1S/C21H24N4O3/c26-19-8-7-18(20(27)23-19)25-14-17-15(5-3-6-16(17)21(25)28)4-1-2-11-24-12-9-22-10-13-24/h3,5-6,18,22H,2,7-14H2,(H,23,26,27). The zero-order valence-corrected chi connectivity index (χ0v) is 15.8. The van der Waals surface area contributed by atoms with Gasteiger partial charge in [-0.3, -0.25) is 24.6 Å². The van der Waals surface area contributed by atoms with Crippen molar-refractivity contribution in [2.75, 3.05) is 32.7 Å². The van der Waals surface area contributed by atoms with Crippen molar-refractivity contribution in [2.45, 2.75) is 31.8 Å². The van der Waals surface area contributed by atoms with Gasteiger partial charge in [-0.1, -0.05) is 17.9 Å². The summed E-state index contributed by atoms with van der Waals surface area (Å²) >= 11 is 0. The molecular formula is C21H24N4O3. The van der Waals surface area contributed by atoms with Gasteiger partial charge in [-0.05, 0) is 24.1 Å². The van der Waals surface area contributed by atoms with Crippen molar-refractivity contribution >= 4 is 17.7 Å². The van der Waals surface area contributed by atoms with E-state index in [1.54, 1.807) is 11.0 Å². The summed E-state index contributed by atoms with van der Waals surface area (Å²) in [5, 5.41) is 5.67. The van der Waals surface area contributed by atoms with Gasteiger partial charge in [0, 0.05) is 63.2 Å². The Morgan fingerprint density at radius 2 is 1.96 bits per heavy atom. The van der Waals surface area contributed by atoms with E-state index in [9.17, 15) is 14.4 Å². The van der Waals surface area contributed by atoms with Crippen LogP contribution >= 0.6 is 0 Å². The van der Waals surface area contributed by atoms with Crippen LogP contribution in [0.5, 0.6) is 0 Å². The topological polar surface area (TPSA) is 81.8 Å². The number of nitrogens with one attached hydrogen (secondary N) is 2. The molecule has 2 fully saturated rings. The minimum absolute atomic E-state index is 0.158. The molecular weight excluding hydrogens is 356 g/mol. The maximum absolute atomic E-state index is 12.8. The summed E-state index contributed by atoms with van der Waals surface area (Å²) in [6.45, 7) is 5.47. The van der Waals surface area contributed by atoms with Gasteiger partial charge in [0.15, 0.2) is 0 Å². The second-order valence-electron chi connectivity index (χ2n) is 7.38. The number of benzene rings is 1. The van der Waals surface area contributed by atoms with E-state index in [-0.39, 0.29) is 24.1 Å². The molecule has 3 aliphatic rings. The van der Waals surface area contributed by atoms with Crippen LogP contribution < -0.4 is 10.6 Å². The third kappa shape index (κ3) is 3.79. The van der Waals surface area contributed by atoms with Crippen molar-refractivity contribution in [1.29, 1.82) is 0 Å². The Morgan fingerprint density at radius 3 is 2.75 bits per heavy atom. The molecule has 3 aliphatic heterocycles. The van der Waals surface area contributed by atoms with E-state index < -0.39 is 6.04 Å². The second-order valence-corrected chi connectivity index (χ2v) is 7.38. The molecule has 28 heavy (non-hydrogen) atoms. The first-order valence-corrected chi connectivity index (χ1v) is 9.82. The zero-order chi connectivity index (χ0) is 19.5. The van der Waals surface area contributed by atoms with Crippen molar-refractivity contribution in [1.82, 2.24) is 20.4 Å². The Kier molecular flexibility index (Phi) is 5.42. The molecule has 3 heterocycles. The minimum atomic E-state index is -0.592. The first-order chi connectivity index (χ1) is 13.6. The molecule has 0 aromatic heterocycles. The van der Waals surface area contributed by atoms with Gasteiger partial charge < -0.3 is 10.2 Å². The fourth-order valence-electron chi connectivity index (χ4n) is 4.01. The molecule has 0 saturated carbocycles. The monoisotopic (exact) mass is 380 g/mol. The van der Waals surface area contributed by atoms with Gasteiger partial charge in [0.1, 0.15) is 6.04 Å². The fraction of sp³-hybridized carbons (Fsp3) is 0.476. The quantitative estimate of drug-likeness (QED) is 0.574. The van der Waals surface area contributed by atoms with Crippen LogP contribution in [0.15, 0.2) is 18.2 Å². The summed E-state index contributed by atoms with van der Waals surface area (Å²) in [6.07, 6.45) is 1.42. The molecule has 2 saturated heterocycles. The van der Waals surface area contributed by atoms with Crippen LogP contribution in [0.1, 0.15) is 40.7 Å². The second kappa shape index (κ2) is 8.13. The SMILES string of the molecule is O=C1CCC(N2Cc3c(C#CCCN4CCNCC4)cccc3C2=O)C(=O)N1. The molecule has 0 aliphatic carbocycles. The lowest BCUT2D eigenvalue weighted by Gasteiger charge is -2.29. The van der Waals surface area contributed by atoms with Crippen LogP contribution in [-0.2, 0) is 16.1 Å². The number of nitrogens with zero attached hydrogens (tertiary/aromatic N) is 2. The Morgan fingerprint density at radius 1 is 1.14 bits per heavy atom. The van der Waals surface area contributed by atoms with E-state index in [1.165, 1.54) is 0 Å². The van der Waals surface area contributed by atoms with Gasteiger partial charge in [0.05, 0.1) is 0 Å². The van der Waals surface area contributed by atoms with Crippen molar-refractivity contribution < 1.29 is 14.4 Å². The number of carbonyl (C=O) groups excluding carboxylic acids is 3. The molecule has 2 N–H and O–H groups in total. The zero-order valence-electron chi connectivity index (χ0n) is 15.8. The van der Waals surface area contributed by atoms with Crippen molar-refractivity contribution in [2.24, 2.45) is 0 Å². The lowest BCUT2D eigenvalue weighted by atomic mass is 10.0. The lowest BCUT2D eigenvalue weighted by Crippen LogP contribution is -2.52. The maximum Gasteiger partial charge on any atom is 0.255 e. The summed E-state index contributed by atoms with van der Waals surface area (Å²) in [5.74, 6) is 5.64. The van der Waals surface area contributed by atoms with Gasteiger partial charge in [-0.15, -0.1) is 0 Å². The summed E-state index contributed by atoms with van der Waals surface area (Å²) in [7, 11) is 0. The molecule has 7 nitrogen and oxygen atoms in total. The summed E-state index contributed by atoms with van der Waals surface area (Å²) in [5.41, 5.74) is 2.34. The Balaban J connectivity index is 1.45. The molecule has 146 valence electrons. The third-order valence-electron chi connectivity index (χ3n) is 5.57. The summed E-state index contributed by atoms with van der Waals surface area (Å²) in [4.78, 5) is 40.3. The Bertz CT molecular complexity index is 864. The van der Waals surface area contributed by atoms with Crippen molar-refractivity contribution in [3.05, 3.63) is 34.9 Å². The van der Waals surface area contributed by atoms with E-state index >= 15 is 0 Å². The van der Waals surface area contributed by atoms with Crippen LogP contribution in [-0.4, -0.2) is 66.3 Å². The minimum Gasteiger partial charge on any atom is -0.322 e. The number of hydrogen-bond donors (Lipinski definition) is 2. The molecule has 4 rings (SSSR count). The van der Waals surface area contributed by atoms with Crippen LogP contribution in [0.25, 0.3) is 0 Å². The van der Waals surface area contributed by atoms with E-state index in [1.807, 2.05) is 12.1 Å². The highest BCUT2D eigenvalue weighted by Crippen LogP contribution is 2.29. The van der Waals surface area contributed by atoms with Crippen molar-refractivity contribution in [3.63, 3.8) is 0 Å². The van der Waals surface area contributed by atoms with Crippen LogP contribution in [0.3, 0.4) is 0 Å². The third-order valence-corrected chi connectivity index (χ3v) is 5.57. The number of carbonyl (C=O) groups is 3. The normalized spacial score (nSPS) is 22.5. The first-order valence-electron chi connectivity index (χ1n) is 9.82. The highest BCUT2D eigenvalue weighted by molar-refractivity contribution is 6.05. The summed E-state index contributed by atoms with van der Waals surface area (Å²) < 4.78 is 0. The number of fused-ring (bicyclic) bond motifs is 1. The molecule has 1 aromatic rings. The molecule has 0 spiro atoms. The number of amides is 3. The highest BCUT2D eigenvalue weighted by atomic mass is 16.2. The predicted molar refractivity (Wildman–Crippen MR) is 103 cm³/mol. The number of piperazine rings is 1. The smallest absolute Gasteiger partial charge is 0.255 e. The largest absolute Gasteiger partial charge is 0.322 e. The molecule has 3 amide bonds. The molecule has 1 atom stereocenters. The van der Waals surface area contributed by atoms with Gasteiger partial charge in [-0.25, -0.2) is 0 Å². The molecule has 0 radical (unpaired) electrons. The number of piperidine rings is 1. The van der Waals surface area contributed by atoms with Crippen LogP contribution in [0, 0.1) is 11.8 Å². The van der Waals surface area contributed by atoms with E-state index in [2.05, 4.69) is 27.4 Å². The van der Waals surface area contributed by atoms with Crippen LogP contribution in [0.2, 0.25) is 0 Å². The van der Waals surface area contributed by atoms with Crippen molar-refractivity contribution in [3.8, 4) is 11.8 Å². The predicted octanol–water partition coefficient (Wildman–Crippen LogP) is 0.0944. The van der Waals surface area contributed by atoms with Gasteiger partial charge in [0.2, 0.25) is 11.8 Å². The average molecular weight is 380 g/mol. The number of rotatable bonds is 3. The van der Waals surface area contributed by atoms with E-state index in [0.29, 0.717) is 18.5 Å². The molecule has 1 aromatic carbocycles. The first kappa shape index (κ1) is 18.7. The van der Waals surface area contributed by atoms with Gasteiger partial charge in [-0.2, -0.15) is 0 Å². The molecule has 7 heteroatoms. The summed E-state index contributed by atoms with van der Waals surface area (Å²) in [6, 6.07) is 4.96. The van der Waals surface area contributed by atoms with E-state index in [0.717, 1.165) is 50.3 Å². The average Bonchev–Trinajstić information content (AvgIpc) is 3.03. The number of hydrogen-bond acceptors (Lipinski definition) is 5. The number of imide groups is 1. The molecule has 0 bridgehead atoms. The highest BCUT2D eigenvalue weighted by Gasteiger charge is 2.39. The van der Waals surface area contributed by atoms with Gasteiger partial charge in [0.25, 0.3) is 5.91 Å². The van der Waals surface area contributed by atoms with Gasteiger partial charge >= 0.3 is 0 Å². The lowest BCUT2D eigenvalue weighted by molar-refractivity contribution is -0.136. The fourth-order valence-corrected chi connectivity index (χ4v) is 4.01. The Labute approximate surface area is 164 Å². The van der Waals surface area contributed by atoms with Crippen LogP contribution in [0.4, 0.5) is 0 Å².